The fourth-order valence-electron chi connectivity index (χ4n) is 2.53. The molecule has 23 heavy (non-hydrogen) atoms. The van der Waals surface area contributed by atoms with E-state index in [0.717, 1.165) is 22.6 Å². The quantitative estimate of drug-likeness (QED) is 0.778. The Hall–Kier alpha value is -1.52. The molecule has 1 heterocycles. The molecule has 1 atom stereocenters. The predicted octanol–water partition coefficient (Wildman–Crippen LogP) is 4.75. The van der Waals surface area contributed by atoms with Gasteiger partial charge in [0.1, 0.15) is 5.76 Å². The maximum absolute atomic E-state index is 12.5. The van der Waals surface area contributed by atoms with Gasteiger partial charge in [-0.25, -0.2) is 0 Å². The normalized spacial score (nSPS) is 12.3. The minimum Gasteiger partial charge on any atom is -0.361 e. The van der Waals surface area contributed by atoms with Crippen LogP contribution in [0.1, 0.15) is 42.0 Å². The molecule has 0 unspecified atom stereocenters. The maximum atomic E-state index is 12.5. The Labute approximate surface area is 146 Å². The minimum absolute atomic E-state index is 0.0449. The van der Waals surface area contributed by atoms with Crippen molar-refractivity contribution in [3.63, 3.8) is 0 Å². The van der Waals surface area contributed by atoms with Crippen LogP contribution in [0.3, 0.4) is 0 Å². The van der Waals surface area contributed by atoms with Crippen LogP contribution in [-0.4, -0.2) is 23.0 Å². The van der Waals surface area contributed by atoms with Gasteiger partial charge in [-0.05, 0) is 44.9 Å². The molecule has 1 amide bonds. The molecule has 4 nitrogen and oxygen atoms in total. The van der Waals surface area contributed by atoms with Crippen molar-refractivity contribution in [1.29, 1.82) is 0 Å². The van der Waals surface area contributed by atoms with E-state index >= 15 is 0 Å². The first-order valence-electron chi connectivity index (χ1n) is 7.43. The van der Waals surface area contributed by atoms with Gasteiger partial charge in [0, 0.05) is 29.1 Å². The van der Waals surface area contributed by atoms with Crippen molar-refractivity contribution in [3.05, 3.63) is 50.8 Å². The number of amides is 1. The molecule has 1 aromatic heterocycles. The van der Waals surface area contributed by atoms with Gasteiger partial charge in [0.05, 0.1) is 11.7 Å². The highest BCUT2D eigenvalue weighted by atomic mass is 35.5. The summed E-state index contributed by atoms with van der Waals surface area (Å²) in [7, 11) is 1.78. The van der Waals surface area contributed by atoms with Gasteiger partial charge in [-0.1, -0.05) is 34.4 Å². The molecule has 0 saturated carbocycles. The molecule has 2 rings (SSSR count). The van der Waals surface area contributed by atoms with Crippen LogP contribution in [0.15, 0.2) is 22.7 Å². The van der Waals surface area contributed by atoms with Gasteiger partial charge >= 0.3 is 0 Å². The van der Waals surface area contributed by atoms with Crippen molar-refractivity contribution in [2.75, 3.05) is 7.05 Å². The number of aromatic nitrogens is 1. The van der Waals surface area contributed by atoms with Crippen molar-refractivity contribution >= 4 is 29.1 Å². The average Bonchev–Trinajstić information content (AvgIpc) is 2.82. The molecule has 0 radical (unpaired) electrons. The third-order valence-electron chi connectivity index (χ3n) is 4.16. The topological polar surface area (TPSA) is 46.3 Å². The average molecular weight is 355 g/mol. The number of hydrogen-bond acceptors (Lipinski definition) is 3. The highest BCUT2D eigenvalue weighted by Gasteiger charge is 2.20. The smallest absolute Gasteiger partial charge is 0.223 e. The van der Waals surface area contributed by atoms with E-state index in [1.54, 1.807) is 24.1 Å². The largest absolute Gasteiger partial charge is 0.361 e. The summed E-state index contributed by atoms with van der Waals surface area (Å²) in [6.07, 6.45) is 1.01. The van der Waals surface area contributed by atoms with Crippen LogP contribution in [-0.2, 0) is 11.2 Å². The number of carbonyl (C=O) groups excluding carboxylic acids is 1. The molecule has 0 fully saturated rings. The Morgan fingerprint density at radius 2 is 2.04 bits per heavy atom. The fourth-order valence-corrected chi connectivity index (χ4v) is 3.10. The summed E-state index contributed by atoms with van der Waals surface area (Å²) >= 11 is 12.2. The highest BCUT2D eigenvalue weighted by Crippen LogP contribution is 2.29. The molecule has 124 valence electrons. The summed E-state index contributed by atoms with van der Waals surface area (Å²) < 4.78 is 5.13. The molecule has 0 bridgehead atoms. The lowest BCUT2D eigenvalue weighted by molar-refractivity contribution is -0.131. The van der Waals surface area contributed by atoms with E-state index in [0.29, 0.717) is 22.9 Å². The second-order valence-electron chi connectivity index (χ2n) is 5.65. The zero-order chi connectivity index (χ0) is 17.1. The number of aryl methyl sites for hydroxylation is 2. The van der Waals surface area contributed by atoms with Gasteiger partial charge < -0.3 is 9.42 Å². The van der Waals surface area contributed by atoms with Crippen molar-refractivity contribution < 1.29 is 9.32 Å². The van der Waals surface area contributed by atoms with E-state index in [1.165, 1.54) is 0 Å². The lowest BCUT2D eigenvalue weighted by Crippen LogP contribution is -2.30. The Balaban J connectivity index is 2.04. The summed E-state index contributed by atoms with van der Waals surface area (Å²) in [5.74, 6) is 0.815. The van der Waals surface area contributed by atoms with Crippen molar-refractivity contribution in [2.45, 2.75) is 39.7 Å². The molecule has 0 spiro atoms. The van der Waals surface area contributed by atoms with E-state index in [1.807, 2.05) is 26.8 Å². The molecular weight excluding hydrogens is 335 g/mol. The first-order valence-corrected chi connectivity index (χ1v) is 8.19. The van der Waals surface area contributed by atoms with Crippen LogP contribution < -0.4 is 0 Å². The molecule has 6 heteroatoms. The number of hydrogen-bond donors (Lipinski definition) is 0. The molecule has 2 aromatic rings. The van der Waals surface area contributed by atoms with E-state index in [4.69, 9.17) is 27.7 Å². The number of carbonyl (C=O) groups is 1. The summed E-state index contributed by atoms with van der Waals surface area (Å²) in [6.45, 7) is 5.69. The third-order valence-corrected chi connectivity index (χ3v) is 4.72. The van der Waals surface area contributed by atoms with Crippen LogP contribution in [0.4, 0.5) is 0 Å². The zero-order valence-corrected chi connectivity index (χ0v) is 15.2. The van der Waals surface area contributed by atoms with Crippen LogP contribution in [0, 0.1) is 13.8 Å². The molecule has 0 aliphatic heterocycles. The van der Waals surface area contributed by atoms with Crippen molar-refractivity contribution in [2.24, 2.45) is 0 Å². The summed E-state index contributed by atoms with van der Waals surface area (Å²) in [6, 6.07) is 5.20. The number of nitrogens with zero attached hydrogens (tertiary/aromatic N) is 2. The van der Waals surface area contributed by atoms with E-state index < -0.39 is 0 Å². The first-order chi connectivity index (χ1) is 10.8. The fraction of sp³-hybridized carbons (Fsp3) is 0.412. The van der Waals surface area contributed by atoms with E-state index in [-0.39, 0.29) is 11.9 Å². The Kier molecular flexibility index (Phi) is 5.71. The summed E-state index contributed by atoms with van der Waals surface area (Å²) in [5, 5.41) is 5.06. The molecule has 1 aromatic carbocycles. The van der Waals surface area contributed by atoms with Gasteiger partial charge in [-0.2, -0.15) is 0 Å². The lowest BCUT2D eigenvalue weighted by Gasteiger charge is -2.26. The molecule has 0 N–H and O–H groups in total. The standard InChI is InChI=1S/C17H20Cl2N2O2/c1-10-14(12(3)23-20-10)7-8-17(22)21(4)11(2)15-6-5-13(18)9-16(15)19/h5-6,9,11H,7-8H2,1-4H3/t11-/m1/s1. The third kappa shape index (κ3) is 4.06. The van der Waals surface area contributed by atoms with Gasteiger partial charge in [-0.3, -0.25) is 4.79 Å². The zero-order valence-electron chi connectivity index (χ0n) is 13.7. The second kappa shape index (κ2) is 7.37. The second-order valence-corrected chi connectivity index (χ2v) is 6.49. The number of benzene rings is 1. The summed E-state index contributed by atoms with van der Waals surface area (Å²) in [4.78, 5) is 14.2. The monoisotopic (exact) mass is 354 g/mol. The van der Waals surface area contributed by atoms with E-state index in [9.17, 15) is 4.79 Å². The van der Waals surface area contributed by atoms with Crippen LogP contribution in [0.2, 0.25) is 10.0 Å². The minimum atomic E-state index is -0.128. The molecule has 0 aliphatic carbocycles. The van der Waals surface area contributed by atoms with Gasteiger partial charge in [-0.15, -0.1) is 0 Å². The van der Waals surface area contributed by atoms with Crippen molar-refractivity contribution in [1.82, 2.24) is 10.1 Å². The highest BCUT2D eigenvalue weighted by molar-refractivity contribution is 6.35. The maximum Gasteiger partial charge on any atom is 0.223 e. The lowest BCUT2D eigenvalue weighted by atomic mass is 10.0. The first kappa shape index (κ1) is 17.8. The number of halogens is 2. The molecule has 0 saturated heterocycles. The predicted molar refractivity (Wildman–Crippen MR) is 91.9 cm³/mol. The Morgan fingerprint density at radius 3 is 2.61 bits per heavy atom. The molecular formula is C17H20Cl2N2O2. The van der Waals surface area contributed by atoms with Gasteiger partial charge in [0.25, 0.3) is 0 Å². The molecule has 0 aliphatic rings. The van der Waals surface area contributed by atoms with Crippen LogP contribution in [0.25, 0.3) is 0 Å². The van der Waals surface area contributed by atoms with Gasteiger partial charge in [0.15, 0.2) is 0 Å². The number of rotatable bonds is 5. The summed E-state index contributed by atoms with van der Waals surface area (Å²) in [5.41, 5.74) is 2.72. The van der Waals surface area contributed by atoms with Crippen molar-refractivity contribution in [3.8, 4) is 0 Å². The SMILES string of the molecule is Cc1noc(C)c1CCC(=O)N(C)[C@H](C)c1ccc(Cl)cc1Cl. The van der Waals surface area contributed by atoms with Crippen LogP contribution in [0.5, 0.6) is 0 Å². The van der Waals surface area contributed by atoms with E-state index in [2.05, 4.69) is 5.16 Å². The van der Waals surface area contributed by atoms with Gasteiger partial charge in [0.2, 0.25) is 5.91 Å². The van der Waals surface area contributed by atoms with Crippen LogP contribution >= 0.6 is 23.2 Å². The Bertz CT molecular complexity index is 693. The Morgan fingerprint density at radius 1 is 1.35 bits per heavy atom.